The van der Waals surface area contributed by atoms with E-state index in [4.69, 9.17) is 0 Å². The maximum atomic E-state index is 12.3. The van der Waals surface area contributed by atoms with Crippen LogP contribution < -0.4 is 5.32 Å². The van der Waals surface area contributed by atoms with Crippen molar-refractivity contribution < 1.29 is 4.79 Å². The summed E-state index contributed by atoms with van der Waals surface area (Å²) in [4.78, 5) is 15.4. The number of Topliss-reactive ketones (excluding diaryl/α,β-unsaturated/α-hetero) is 1. The zero-order valence-electron chi connectivity index (χ0n) is 11.4. The molecule has 0 radical (unpaired) electrons. The van der Waals surface area contributed by atoms with E-state index in [2.05, 4.69) is 20.5 Å². The minimum Gasteiger partial charge on any atom is -0.360 e. The van der Waals surface area contributed by atoms with Gasteiger partial charge in [-0.25, -0.2) is 0 Å². The second kappa shape index (κ2) is 6.28. The fourth-order valence-electron chi connectivity index (χ4n) is 2.00. The molecular formula is C14H14N4OS2. The van der Waals surface area contributed by atoms with E-state index < -0.39 is 0 Å². The second-order valence-corrected chi connectivity index (χ2v) is 6.56. The molecule has 0 atom stereocenters. The quantitative estimate of drug-likeness (QED) is 0.538. The van der Waals surface area contributed by atoms with E-state index in [-0.39, 0.29) is 5.78 Å². The molecule has 5 nitrogen and oxygen atoms in total. The maximum absolute atomic E-state index is 12.3. The molecule has 0 aliphatic rings. The Morgan fingerprint density at radius 3 is 3.10 bits per heavy atom. The van der Waals surface area contributed by atoms with Crippen LogP contribution in [0.4, 0.5) is 5.13 Å². The largest absolute Gasteiger partial charge is 0.360 e. The van der Waals surface area contributed by atoms with Gasteiger partial charge in [-0.3, -0.25) is 4.79 Å². The van der Waals surface area contributed by atoms with E-state index >= 15 is 0 Å². The molecule has 3 rings (SSSR count). The number of aromatic amines is 1. The lowest BCUT2D eigenvalue weighted by Crippen LogP contribution is -2.01. The molecule has 0 unspecified atom stereocenters. The molecule has 7 heteroatoms. The van der Waals surface area contributed by atoms with Crippen molar-refractivity contribution in [2.75, 3.05) is 17.6 Å². The van der Waals surface area contributed by atoms with Gasteiger partial charge in [-0.05, 0) is 13.0 Å². The number of hydrogen-bond acceptors (Lipinski definition) is 6. The Bertz CT molecular complexity index is 765. The number of carbonyl (C=O) groups excluding carboxylic acids is 1. The highest BCUT2D eigenvalue weighted by Gasteiger charge is 2.13. The highest BCUT2D eigenvalue weighted by Crippen LogP contribution is 2.27. The van der Waals surface area contributed by atoms with Crippen LogP contribution in [-0.4, -0.2) is 33.3 Å². The Balaban J connectivity index is 1.68. The van der Waals surface area contributed by atoms with Crippen LogP contribution in [0.3, 0.4) is 0 Å². The van der Waals surface area contributed by atoms with Crippen molar-refractivity contribution in [3.8, 4) is 0 Å². The fraction of sp³-hybridized carbons (Fsp3) is 0.214. The van der Waals surface area contributed by atoms with E-state index in [1.165, 1.54) is 23.1 Å². The van der Waals surface area contributed by atoms with Crippen LogP contribution in [0.15, 0.2) is 34.8 Å². The first-order chi connectivity index (χ1) is 10.3. The van der Waals surface area contributed by atoms with Gasteiger partial charge in [0.05, 0.1) is 5.75 Å². The Morgan fingerprint density at radius 2 is 2.24 bits per heavy atom. The summed E-state index contributed by atoms with van der Waals surface area (Å²) >= 11 is 2.89. The Labute approximate surface area is 130 Å². The normalized spacial score (nSPS) is 10.9. The summed E-state index contributed by atoms with van der Waals surface area (Å²) in [6.07, 6.45) is 1.78. The number of thioether (sulfide) groups is 1. The standard InChI is InChI=1S/C14H14N4OS2/c1-2-15-13-17-18-14(21-13)20-8-12(19)10-7-16-11-6-4-3-5-9(10)11/h3-7,16H,2,8H2,1H3,(H,15,17). The van der Waals surface area contributed by atoms with Gasteiger partial charge >= 0.3 is 0 Å². The van der Waals surface area contributed by atoms with Crippen LogP contribution >= 0.6 is 23.1 Å². The van der Waals surface area contributed by atoms with Gasteiger partial charge in [-0.15, -0.1) is 10.2 Å². The minimum absolute atomic E-state index is 0.0950. The Morgan fingerprint density at radius 1 is 1.38 bits per heavy atom. The van der Waals surface area contributed by atoms with Crippen molar-refractivity contribution in [2.45, 2.75) is 11.3 Å². The second-order valence-electron chi connectivity index (χ2n) is 4.36. The van der Waals surface area contributed by atoms with Crippen molar-refractivity contribution in [3.63, 3.8) is 0 Å². The number of H-pyrrole nitrogens is 1. The smallest absolute Gasteiger partial charge is 0.206 e. The molecule has 0 saturated carbocycles. The van der Waals surface area contributed by atoms with E-state index in [0.717, 1.165) is 32.5 Å². The average molecular weight is 318 g/mol. The van der Waals surface area contributed by atoms with Crippen LogP contribution in [0.5, 0.6) is 0 Å². The molecule has 0 fully saturated rings. The number of carbonyl (C=O) groups is 1. The predicted octanol–water partition coefficient (Wildman–Crippen LogP) is 3.43. The summed E-state index contributed by atoms with van der Waals surface area (Å²) in [5.41, 5.74) is 1.71. The van der Waals surface area contributed by atoms with E-state index in [9.17, 15) is 4.79 Å². The van der Waals surface area contributed by atoms with Crippen molar-refractivity contribution in [2.24, 2.45) is 0 Å². The first-order valence-electron chi connectivity index (χ1n) is 6.57. The number of para-hydroxylation sites is 1. The molecule has 3 aromatic rings. The zero-order chi connectivity index (χ0) is 14.7. The topological polar surface area (TPSA) is 70.7 Å². The van der Waals surface area contributed by atoms with Gasteiger partial charge in [0.15, 0.2) is 10.1 Å². The van der Waals surface area contributed by atoms with E-state index in [1.807, 2.05) is 31.2 Å². The molecule has 21 heavy (non-hydrogen) atoms. The third-order valence-electron chi connectivity index (χ3n) is 2.95. The SMILES string of the molecule is CCNc1nnc(SCC(=O)c2c[nH]c3ccccc23)s1. The number of aromatic nitrogens is 3. The van der Waals surface area contributed by atoms with Crippen LogP contribution in [0.25, 0.3) is 10.9 Å². The van der Waals surface area contributed by atoms with Gasteiger partial charge in [0, 0.05) is 29.2 Å². The average Bonchev–Trinajstić information content (AvgIpc) is 3.12. The number of hydrogen-bond donors (Lipinski definition) is 2. The molecule has 108 valence electrons. The number of benzene rings is 1. The third kappa shape index (κ3) is 3.08. The van der Waals surface area contributed by atoms with E-state index in [0.29, 0.717) is 5.75 Å². The van der Waals surface area contributed by atoms with Crippen molar-refractivity contribution in [3.05, 3.63) is 36.0 Å². The maximum Gasteiger partial charge on any atom is 0.206 e. The Kier molecular flexibility index (Phi) is 4.21. The van der Waals surface area contributed by atoms with Gasteiger partial charge in [0.1, 0.15) is 0 Å². The number of rotatable bonds is 6. The van der Waals surface area contributed by atoms with Crippen LogP contribution in [0.2, 0.25) is 0 Å². The first kappa shape index (κ1) is 14.1. The van der Waals surface area contributed by atoms with Gasteiger partial charge in [0.25, 0.3) is 0 Å². The van der Waals surface area contributed by atoms with Gasteiger partial charge < -0.3 is 10.3 Å². The predicted molar refractivity (Wildman–Crippen MR) is 87.4 cm³/mol. The first-order valence-corrected chi connectivity index (χ1v) is 8.37. The number of fused-ring (bicyclic) bond motifs is 1. The minimum atomic E-state index is 0.0950. The summed E-state index contributed by atoms with van der Waals surface area (Å²) in [6, 6.07) is 7.81. The molecule has 2 aromatic heterocycles. The van der Waals surface area contributed by atoms with E-state index in [1.54, 1.807) is 6.20 Å². The Hall–Kier alpha value is -1.86. The molecule has 0 spiro atoms. The lowest BCUT2D eigenvalue weighted by molar-refractivity contribution is 0.102. The lowest BCUT2D eigenvalue weighted by Gasteiger charge is -1.97. The number of nitrogens with one attached hydrogen (secondary N) is 2. The fourth-order valence-corrected chi connectivity index (χ4v) is 3.70. The summed E-state index contributed by atoms with van der Waals surface area (Å²) in [7, 11) is 0. The molecule has 0 aliphatic carbocycles. The summed E-state index contributed by atoms with van der Waals surface area (Å²) in [6.45, 7) is 2.82. The highest BCUT2D eigenvalue weighted by atomic mass is 32.2. The molecule has 0 aliphatic heterocycles. The van der Waals surface area contributed by atoms with Gasteiger partial charge in [0.2, 0.25) is 5.13 Å². The molecule has 0 amide bonds. The molecule has 2 N–H and O–H groups in total. The zero-order valence-corrected chi connectivity index (χ0v) is 13.1. The molecule has 2 heterocycles. The van der Waals surface area contributed by atoms with Crippen LogP contribution in [0, 0.1) is 0 Å². The van der Waals surface area contributed by atoms with Gasteiger partial charge in [-0.2, -0.15) is 0 Å². The van der Waals surface area contributed by atoms with Crippen molar-refractivity contribution >= 4 is 44.9 Å². The van der Waals surface area contributed by atoms with Crippen LogP contribution in [0.1, 0.15) is 17.3 Å². The summed E-state index contributed by atoms with van der Waals surface area (Å²) in [5, 5.41) is 12.9. The summed E-state index contributed by atoms with van der Waals surface area (Å²) in [5.74, 6) is 0.459. The number of ketones is 1. The van der Waals surface area contributed by atoms with Crippen molar-refractivity contribution in [1.29, 1.82) is 0 Å². The molecular weight excluding hydrogens is 304 g/mol. The van der Waals surface area contributed by atoms with Gasteiger partial charge in [-0.1, -0.05) is 41.3 Å². The number of anilines is 1. The monoisotopic (exact) mass is 318 g/mol. The van der Waals surface area contributed by atoms with Crippen molar-refractivity contribution in [1.82, 2.24) is 15.2 Å². The van der Waals surface area contributed by atoms with Crippen LogP contribution in [-0.2, 0) is 0 Å². The molecule has 0 saturated heterocycles. The number of nitrogens with zero attached hydrogens (tertiary/aromatic N) is 2. The third-order valence-corrected chi connectivity index (χ3v) is 4.97. The molecule has 0 bridgehead atoms. The molecule has 1 aromatic carbocycles. The lowest BCUT2D eigenvalue weighted by atomic mass is 10.1. The highest BCUT2D eigenvalue weighted by molar-refractivity contribution is 8.01. The summed E-state index contributed by atoms with van der Waals surface area (Å²) < 4.78 is 0.805.